The highest BCUT2D eigenvalue weighted by Gasteiger charge is 2.43. The number of amides is 2. The van der Waals surface area contributed by atoms with Gasteiger partial charge in [0.1, 0.15) is 11.5 Å². The van der Waals surface area contributed by atoms with Crippen LogP contribution in [0, 0.1) is 11.7 Å². The van der Waals surface area contributed by atoms with E-state index in [-0.39, 0.29) is 17.6 Å². The second kappa shape index (κ2) is 9.02. The van der Waals surface area contributed by atoms with Gasteiger partial charge in [0.2, 0.25) is 0 Å². The highest BCUT2D eigenvalue weighted by Crippen LogP contribution is 2.36. The number of piperidine rings is 1. The maximum atomic E-state index is 13.6. The molecule has 2 amide bonds. The molecular weight excluding hydrogens is 415 g/mol. The van der Waals surface area contributed by atoms with Crippen LogP contribution in [0.2, 0.25) is 0 Å². The molecule has 2 aliphatic heterocycles. The normalized spacial score (nSPS) is 17.2. The molecule has 0 aliphatic carbocycles. The number of carbonyl (C=O) groups is 2. The first-order valence-corrected chi connectivity index (χ1v) is 11.3. The Hall–Kier alpha value is -3.73. The number of hydrogen-bond acceptors (Lipinski definition) is 3. The molecule has 0 radical (unpaired) electrons. The second-order valence-electron chi connectivity index (χ2n) is 8.63. The van der Waals surface area contributed by atoms with Gasteiger partial charge in [-0.15, -0.1) is 0 Å². The molecule has 1 saturated heterocycles. The molecule has 3 aromatic rings. The van der Waals surface area contributed by atoms with E-state index in [1.54, 1.807) is 36.4 Å². The SMILES string of the molecule is O=C1C(c2ccc(F)cc2)=C(N2CCC(Cc3ccccc3)CC2)C(=O)N1c1ccccc1. The van der Waals surface area contributed by atoms with E-state index in [2.05, 4.69) is 24.3 Å². The van der Waals surface area contributed by atoms with Crippen molar-refractivity contribution in [1.29, 1.82) is 0 Å². The van der Waals surface area contributed by atoms with Crippen molar-refractivity contribution in [3.8, 4) is 0 Å². The molecule has 0 aromatic heterocycles. The number of hydrogen-bond donors (Lipinski definition) is 0. The Balaban J connectivity index is 1.44. The van der Waals surface area contributed by atoms with Crippen LogP contribution in [0.25, 0.3) is 5.57 Å². The third kappa shape index (κ3) is 4.19. The summed E-state index contributed by atoms with van der Waals surface area (Å²) in [5, 5.41) is 0. The van der Waals surface area contributed by atoms with Crippen LogP contribution in [-0.4, -0.2) is 29.8 Å². The zero-order valence-electron chi connectivity index (χ0n) is 18.3. The summed E-state index contributed by atoms with van der Waals surface area (Å²) in [4.78, 5) is 30.3. The average Bonchev–Trinajstić information content (AvgIpc) is 3.11. The molecule has 0 saturated carbocycles. The van der Waals surface area contributed by atoms with Crippen LogP contribution >= 0.6 is 0 Å². The van der Waals surface area contributed by atoms with Gasteiger partial charge in [0.05, 0.1) is 11.3 Å². The molecule has 166 valence electrons. The van der Waals surface area contributed by atoms with Crippen molar-refractivity contribution in [1.82, 2.24) is 4.90 Å². The van der Waals surface area contributed by atoms with E-state index in [0.717, 1.165) is 19.3 Å². The van der Waals surface area contributed by atoms with Crippen LogP contribution in [0.15, 0.2) is 90.6 Å². The van der Waals surface area contributed by atoms with Gasteiger partial charge < -0.3 is 4.90 Å². The summed E-state index contributed by atoms with van der Waals surface area (Å²) >= 11 is 0. The lowest BCUT2D eigenvalue weighted by Crippen LogP contribution is -2.39. The summed E-state index contributed by atoms with van der Waals surface area (Å²) in [6.45, 7) is 1.42. The van der Waals surface area contributed by atoms with Crippen molar-refractivity contribution in [3.05, 3.63) is 108 Å². The molecule has 33 heavy (non-hydrogen) atoms. The Morgan fingerprint density at radius 2 is 1.36 bits per heavy atom. The summed E-state index contributed by atoms with van der Waals surface area (Å²) in [5.74, 6) is -0.512. The topological polar surface area (TPSA) is 40.6 Å². The number of anilines is 1. The lowest BCUT2D eigenvalue weighted by Gasteiger charge is -2.34. The van der Waals surface area contributed by atoms with Crippen molar-refractivity contribution in [3.63, 3.8) is 0 Å². The Morgan fingerprint density at radius 1 is 0.758 bits per heavy atom. The van der Waals surface area contributed by atoms with Gasteiger partial charge in [-0.05, 0) is 60.6 Å². The lowest BCUT2D eigenvalue weighted by molar-refractivity contribution is -0.120. The van der Waals surface area contributed by atoms with E-state index < -0.39 is 0 Å². The lowest BCUT2D eigenvalue weighted by atomic mass is 9.89. The minimum absolute atomic E-state index is 0.313. The van der Waals surface area contributed by atoms with Crippen molar-refractivity contribution in [2.75, 3.05) is 18.0 Å². The molecule has 5 rings (SSSR count). The van der Waals surface area contributed by atoms with E-state index >= 15 is 0 Å². The Morgan fingerprint density at radius 3 is 2.00 bits per heavy atom. The summed E-state index contributed by atoms with van der Waals surface area (Å²) in [6, 6.07) is 25.2. The van der Waals surface area contributed by atoms with E-state index in [1.807, 2.05) is 17.0 Å². The summed E-state index contributed by atoms with van der Waals surface area (Å²) < 4.78 is 13.6. The molecule has 2 heterocycles. The Kier molecular flexibility index (Phi) is 5.78. The number of nitrogens with zero attached hydrogens (tertiary/aromatic N) is 2. The van der Waals surface area contributed by atoms with Gasteiger partial charge in [0, 0.05) is 13.1 Å². The first-order chi connectivity index (χ1) is 16.1. The number of halogens is 1. The molecule has 0 bridgehead atoms. The number of rotatable bonds is 5. The summed E-state index contributed by atoms with van der Waals surface area (Å²) in [6.07, 6.45) is 2.91. The fourth-order valence-electron chi connectivity index (χ4n) is 4.81. The van der Waals surface area contributed by atoms with Crippen LogP contribution in [0.1, 0.15) is 24.0 Å². The second-order valence-corrected chi connectivity index (χ2v) is 8.63. The molecule has 0 unspecified atom stereocenters. The molecule has 4 nitrogen and oxygen atoms in total. The van der Waals surface area contributed by atoms with Crippen molar-refractivity contribution in [2.45, 2.75) is 19.3 Å². The first-order valence-electron chi connectivity index (χ1n) is 11.3. The molecule has 0 spiro atoms. The first kappa shape index (κ1) is 21.1. The van der Waals surface area contributed by atoms with Gasteiger partial charge in [-0.25, -0.2) is 9.29 Å². The van der Waals surface area contributed by atoms with E-state index in [9.17, 15) is 14.0 Å². The zero-order chi connectivity index (χ0) is 22.8. The van der Waals surface area contributed by atoms with Crippen LogP contribution in [0.5, 0.6) is 0 Å². The minimum Gasteiger partial charge on any atom is -0.366 e. The average molecular weight is 441 g/mol. The van der Waals surface area contributed by atoms with Gasteiger partial charge in [-0.1, -0.05) is 60.7 Å². The van der Waals surface area contributed by atoms with Gasteiger partial charge in [0.15, 0.2) is 0 Å². The number of carbonyl (C=O) groups excluding carboxylic acids is 2. The third-order valence-electron chi connectivity index (χ3n) is 6.50. The maximum absolute atomic E-state index is 13.6. The number of imide groups is 1. The number of benzene rings is 3. The molecule has 0 N–H and O–H groups in total. The van der Waals surface area contributed by atoms with Crippen LogP contribution in [-0.2, 0) is 16.0 Å². The molecule has 3 aromatic carbocycles. The predicted molar refractivity (Wildman–Crippen MR) is 127 cm³/mol. The summed E-state index contributed by atoms with van der Waals surface area (Å²) in [7, 11) is 0. The Labute approximate surface area is 193 Å². The van der Waals surface area contributed by atoms with Crippen molar-refractivity contribution in [2.24, 2.45) is 5.92 Å². The highest BCUT2D eigenvalue weighted by molar-refractivity contribution is 6.45. The van der Waals surface area contributed by atoms with Crippen molar-refractivity contribution < 1.29 is 14.0 Å². The van der Waals surface area contributed by atoms with Gasteiger partial charge in [0.25, 0.3) is 11.8 Å². The zero-order valence-corrected chi connectivity index (χ0v) is 18.3. The predicted octanol–water partition coefficient (Wildman–Crippen LogP) is 5.06. The third-order valence-corrected chi connectivity index (χ3v) is 6.50. The fraction of sp³-hybridized carbons (Fsp3) is 0.214. The van der Waals surface area contributed by atoms with Gasteiger partial charge in [-0.3, -0.25) is 9.59 Å². The molecular formula is C28H25FN2O2. The molecule has 2 aliphatic rings. The Bertz CT molecular complexity index is 1180. The van der Waals surface area contributed by atoms with E-state index in [4.69, 9.17) is 0 Å². The monoisotopic (exact) mass is 440 g/mol. The maximum Gasteiger partial charge on any atom is 0.282 e. The van der Waals surface area contributed by atoms with E-state index in [1.165, 1.54) is 22.6 Å². The van der Waals surface area contributed by atoms with Crippen LogP contribution < -0.4 is 4.90 Å². The van der Waals surface area contributed by atoms with E-state index in [0.29, 0.717) is 41.5 Å². The van der Waals surface area contributed by atoms with Crippen LogP contribution in [0.4, 0.5) is 10.1 Å². The number of para-hydroxylation sites is 1. The standard InChI is InChI=1S/C28H25FN2O2/c29-23-13-11-22(12-14-23)25-26(28(33)31(27(25)32)24-9-5-2-6-10-24)30-17-15-21(16-18-30)19-20-7-3-1-4-8-20/h1-14,21H,15-19H2. The molecule has 5 heteroatoms. The van der Waals surface area contributed by atoms with Gasteiger partial charge >= 0.3 is 0 Å². The van der Waals surface area contributed by atoms with Gasteiger partial charge in [-0.2, -0.15) is 0 Å². The minimum atomic E-state index is -0.376. The fourth-order valence-corrected chi connectivity index (χ4v) is 4.81. The highest BCUT2D eigenvalue weighted by atomic mass is 19.1. The number of likely N-dealkylation sites (tertiary alicyclic amines) is 1. The smallest absolute Gasteiger partial charge is 0.282 e. The largest absolute Gasteiger partial charge is 0.366 e. The molecule has 0 atom stereocenters. The van der Waals surface area contributed by atoms with Crippen molar-refractivity contribution >= 4 is 23.1 Å². The molecule has 1 fully saturated rings. The van der Waals surface area contributed by atoms with Crippen LogP contribution in [0.3, 0.4) is 0 Å². The summed E-state index contributed by atoms with van der Waals surface area (Å²) in [5.41, 5.74) is 3.21. The quantitative estimate of drug-likeness (QED) is 0.521.